The second kappa shape index (κ2) is 4.09. The Labute approximate surface area is 88.3 Å². The van der Waals surface area contributed by atoms with Gasteiger partial charge in [0.05, 0.1) is 0 Å². The maximum atomic E-state index is 5.71. The summed E-state index contributed by atoms with van der Waals surface area (Å²) in [5.74, 6) is 1.41. The van der Waals surface area contributed by atoms with Crippen molar-refractivity contribution in [2.24, 2.45) is 5.92 Å². The predicted octanol–water partition coefficient (Wildman–Crippen LogP) is 1.76. The second-order valence-electron chi connectivity index (χ2n) is 3.75. The first kappa shape index (κ1) is 9.65. The summed E-state index contributed by atoms with van der Waals surface area (Å²) in [6, 6.07) is 0. The van der Waals surface area contributed by atoms with Crippen LogP contribution in [0.5, 0.6) is 0 Å². The number of anilines is 1. The standard InChI is InChI=1S/C9H13ClN4/c1-7-3-2-4-14(5-7)9-12-6-11-8(10)13-9/h6-7H,2-5H2,1H3. The summed E-state index contributed by atoms with van der Waals surface area (Å²) in [4.78, 5) is 14.2. The summed E-state index contributed by atoms with van der Waals surface area (Å²) < 4.78 is 0. The van der Waals surface area contributed by atoms with Crippen LogP contribution >= 0.6 is 11.6 Å². The average Bonchev–Trinajstić information content (AvgIpc) is 2.18. The van der Waals surface area contributed by atoms with Crippen molar-refractivity contribution in [1.29, 1.82) is 0 Å². The molecule has 0 radical (unpaired) electrons. The lowest BCUT2D eigenvalue weighted by Gasteiger charge is -2.30. The van der Waals surface area contributed by atoms with Crippen molar-refractivity contribution >= 4 is 17.5 Å². The van der Waals surface area contributed by atoms with E-state index in [1.54, 1.807) is 0 Å². The number of rotatable bonds is 1. The maximum Gasteiger partial charge on any atom is 0.229 e. The van der Waals surface area contributed by atoms with Crippen LogP contribution in [-0.2, 0) is 0 Å². The number of nitrogens with zero attached hydrogens (tertiary/aromatic N) is 4. The van der Waals surface area contributed by atoms with Crippen molar-refractivity contribution < 1.29 is 0 Å². The highest BCUT2D eigenvalue weighted by Gasteiger charge is 2.18. The predicted molar refractivity (Wildman–Crippen MR) is 55.4 cm³/mol. The van der Waals surface area contributed by atoms with Crippen molar-refractivity contribution in [2.75, 3.05) is 18.0 Å². The number of aromatic nitrogens is 3. The molecule has 0 amide bonds. The minimum absolute atomic E-state index is 0.272. The van der Waals surface area contributed by atoms with E-state index in [1.807, 2.05) is 0 Å². The lowest BCUT2D eigenvalue weighted by molar-refractivity contribution is 0.441. The van der Waals surface area contributed by atoms with E-state index >= 15 is 0 Å². The van der Waals surface area contributed by atoms with Crippen LogP contribution in [0.1, 0.15) is 19.8 Å². The Kier molecular flexibility index (Phi) is 2.82. The molecule has 0 bridgehead atoms. The monoisotopic (exact) mass is 212 g/mol. The van der Waals surface area contributed by atoms with E-state index in [1.165, 1.54) is 19.2 Å². The zero-order valence-corrected chi connectivity index (χ0v) is 8.91. The molecule has 5 heteroatoms. The van der Waals surface area contributed by atoms with Gasteiger partial charge in [0.25, 0.3) is 0 Å². The smallest absolute Gasteiger partial charge is 0.229 e. The third-order valence-corrected chi connectivity index (χ3v) is 2.65. The quantitative estimate of drug-likeness (QED) is 0.712. The molecule has 0 saturated carbocycles. The molecular formula is C9H13ClN4. The maximum absolute atomic E-state index is 5.71. The Balaban J connectivity index is 2.14. The zero-order chi connectivity index (χ0) is 9.97. The van der Waals surface area contributed by atoms with E-state index in [2.05, 4.69) is 26.8 Å². The highest BCUT2D eigenvalue weighted by atomic mass is 35.5. The molecule has 0 aromatic carbocycles. The Hall–Kier alpha value is -0.900. The molecule has 1 aromatic heterocycles. The van der Waals surface area contributed by atoms with Gasteiger partial charge in [0.1, 0.15) is 6.33 Å². The molecule has 2 rings (SSSR count). The first-order valence-electron chi connectivity index (χ1n) is 4.85. The van der Waals surface area contributed by atoms with E-state index in [9.17, 15) is 0 Å². The van der Waals surface area contributed by atoms with Gasteiger partial charge in [-0.25, -0.2) is 9.97 Å². The van der Waals surface area contributed by atoms with Crippen LogP contribution in [0, 0.1) is 5.92 Å². The van der Waals surface area contributed by atoms with Gasteiger partial charge in [-0.05, 0) is 30.4 Å². The van der Waals surface area contributed by atoms with Crippen LogP contribution < -0.4 is 4.90 Å². The van der Waals surface area contributed by atoms with Crippen molar-refractivity contribution in [3.8, 4) is 0 Å². The van der Waals surface area contributed by atoms with Crippen LogP contribution in [0.4, 0.5) is 5.95 Å². The number of halogens is 1. The summed E-state index contributed by atoms with van der Waals surface area (Å²) in [5, 5.41) is 0.272. The summed E-state index contributed by atoms with van der Waals surface area (Å²) >= 11 is 5.71. The van der Waals surface area contributed by atoms with Crippen LogP contribution in [0.15, 0.2) is 6.33 Å². The first-order chi connectivity index (χ1) is 6.75. The lowest BCUT2D eigenvalue weighted by Crippen LogP contribution is -2.35. The Morgan fingerprint density at radius 2 is 2.36 bits per heavy atom. The molecule has 1 aromatic rings. The highest BCUT2D eigenvalue weighted by Crippen LogP contribution is 2.19. The first-order valence-corrected chi connectivity index (χ1v) is 5.23. The van der Waals surface area contributed by atoms with Gasteiger partial charge >= 0.3 is 0 Å². The molecule has 0 N–H and O–H groups in total. The third kappa shape index (κ3) is 2.12. The molecule has 1 saturated heterocycles. The Morgan fingerprint density at radius 3 is 3.07 bits per heavy atom. The lowest BCUT2D eigenvalue weighted by atomic mass is 10.0. The number of hydrogen-bond acceptors (Lipinski definition) is 4. The molecule has 14 heavy (non-hydrogen) atoms. The van der Waals surface area contributed by atoms with Gasteiger partial charge < -0.3 is 4.90 Å². The van der Waals surface area contributed by atoms with Crippen LogP contribution in [0.3, 0.4) is 0 Å². The van der Waals surface area contributed by atoms with Crippen LogP contribution in [0.2, 0.25) is 5.28 Å². The fourth-order valence-corrected chi connectivity index (χ4v) is 1.91. The van der Waals surface area contributed by atoms with Gasteiger partial charge in [-0.2, -0.15) is 4.98 Å². The zero-order valence-electron chi connectivity index (χ0n) is 8.15. The van der Waals surface area contributed by atoms with E-state index in [0.29, 0.717) is 11.9 Å². The van der Waals surface area contributed by atoms with Gasteiger partial charge in [-0.15, -0.1) is 0 Å². The summed E-state index contributed by atoms with van der Waals surface area (Å²) in [5.41, 5.74) is 0. The van der Waals surface area contributed by atoms with E-state index in [-0.39, 0.29) is 5.28 Å². The van der Waals surface area contributed by atoms with Gasteiger partial charge in [-0.3, -0.25) is 0 Å². The van der Waals surface area contributed by atoms with Gasteiger partial charge in [0.15, 0.2) is 0 Å². The topological polar surface area (TPSA) is 41.9 Å². The molecule has 4 nitrogen and oxygen atoms in total. The minimum atomic E-state index is 0.272. The molecule has 1 aliphatic rings. The Morgan fingerprint density at radius 1 is 1.50 bits per heavy atom. The third-order valence-electron chi connectivity index (χ3n) is 2.47. The molecule has 1 fully saturated rings. The molecule has 0 aliphatic carbocycles. The SMILES string of the molecule is CC1CCCN(c2ncnc(Cl)n2)C1. The molecule has 76 valence electrons. The normalized spacial score (nSPS) is 22.4. The largest absolute Gasteiger partial charge is 0.340 e. The van der Waals surface area contributed by atoms with Gasteiger partial charge in [0.2, 0.25) is 11.2 Å². The molecule has 1 aliphatic heterocycles. The average molecular weight is 213 g/mol. The van der Waals surface area contributed by atoms with Crippen LogP contribution in [-0.4, -0.2) is 28.0 Å². The summed E-state index contributed by atoms with van der Waals surface area (Å²) in [7, 11) is 0. The van der Waals surface area contributed by atoms with Gasteiger partial charge in [-0.1, -0.05) is 6.92 Å². The van der Waals surface area contributed by atoms with Crippen molar-refractivity contribution in [2.45, 2.75) is 19.8 Å². The van der Waals surface area contributed by atoms with E-state index in [4.69, 9.17) is 11.6 Å². The van der Waals surface area contributed by atoms with E-state index < -0.39 is 0 Å². The number of hydrogen-bond donors (Lipinski definition) is 0. The molecule has 0 spiro atoms. The molecule has 2 heterocycles. The van der Waals surface area contributed by atoms with Crippen LogP contribution in [0.25, 0.3) is 0 Å². The van der Waals surface area contributed by atoms with E-state index in [0.717, 1.165) is 13.1 Å². The highest BCUT2D eigenvalue weighted by molar-refractivity contribution is 6.28. The number of piperidine rings is 1. The van der Waals surface area contributed by atoms with Crippen molar-refractivity contribution in [3.63, 3.8) is 0 Å². The van der Waals surface area contributed by atoms with Crippen molar-refractivity contribution in [1.82, 2.24) is 15.0 Å². The fraction of sp³-hybridized carbons (Fsp3) is 0.667. The second-order valence-corrected chi connectivity index (χ2v) is 4.09. The minimum Gasteiger partial charge on any atom is -0.340 e. The molecule has 1 atom stereocenters. The molecule has 1 unspecified atom stereocenters. The fourth-order valence-electron chi connectivity index (χ4n) is 1.79. The van der Waals surface area contributed by atoms with Crippen molar-refractivity contribution in [3.05, 3.63) is 11.6 Å². The van der Waals surface area contributed by atoms with Gasteiger partial charge in [0, 0.05) is 13.1 Å². The molecular weight excluding hydrogens is 200 g/mol. The summed E-state index contributed by atoms with van der Waals surface area (Å²) in [6.45, 7) is 4.28. The Bertz CT molecular complexity index is 317. The summed E-state index contributed by atoms with van der Waals surface area (Å²) in [6.07, 6.45) is 3.95.